The van der Waals surface area contributed by atoms with E-state index in [1.165, 1.54) is 0 Å². The summed E-state index contributed by atoms with van der Waals surface area (Å²) in [7, 11) is 1.80. The van der Waals surface area contributed by atoms with Gasteiger partial charge in [-0.2, -0.15) is 0 Å². The molecule has 1 amide bonds. The summed E-state index contributed by atoms with van der Waals surface area (Å²) in [6.45, 7) is 0.731. The zero-order chi connectivity index (χ0) is 10.8. The summed E-state index contributed by atoms with van der Waals surface area (Å²) < 4.78 is 0. The van der Waals surface area contributed by atoms with E-state index in [9.17, 15) is 4.79 Å². The first-order valence-corrected chi connectivity index (χ1v) is 5.23. The summed E-state index contributed by atoms with van der Waals surface area (Å²) in [5.74, 6) is 0.477. The predicted octanol–water partition coefficient (Wildman–Crippen LogP) is 0.858. The fourth-order valence-electron chi connectivity index (χ4n) is 1.99. The molecule has 2 rings (SSSR count). The Morgan fingerprint density at radius 2 is 2.40 bits per heavy atom. The Kier molecular flexibility index (Phi) is 2.77. The van der Waals surface area contributed by atoms with E-state index in [-0.39, 0.29) is 12.0 Å². The maximum Gasteiger partial charge on any atom is 0.270 e. The zero-order valence-electron chi connectivity index (χ0n) is 8.81. The minimum Gasteiger partial charge on any atom is -0.393 e. The molecular weight excluding hydrogens is 192 g/mol. The molecule has 0 atom stereocenters. The van der Waals surface area contributed by atoms with Crippen LogP contribution in [0.4, 0.5) is 0 Å². The summed E-state index contributed by atoms with van der Waals surface area (Å²) in [6.07, 6.45) is 3.24. The quantitative estimate of drug-likeness (QED) is 0.774. The maximum absolute atomic E-state index is 11.8. The highest BCUT2D eigenvalue weighted by Crippen LogP contribution is 2.27. The number of carbonyl (C=O) groups excluding carboxylic acids is 1. The third-order valence-corrected chi connectivity index (χ3v) is 2.92. The minimum absolute atomic E-state index is 0.0152. The highest BCUT2D eigenvalue weighted by atomic mass is 16.3. The normalized spacial score (nSPS) is 24.7. The van der Waals surface area contributed by atoms with Gasteiger partial charge in [-0.15, -0.1) is 0 Å². The molecule has 0 unspecified atom stereocenters. The number of H-pyrrole nitrogens is 1. The number of hydrogen-bond acceptors (Lipinski definition) is 2. The molecule has 1 aliphatic carbocycles. The number of aliphatic hydroxyl groups is 1. The van der Waals surface area contributed by atoms with Gasteiger partial charge in [-0.05, 0) is 30.9 Å². The van der Waals surface area contributed by atoms with Crippen LogP contribution in [0, 0.1) is 5.92 Å². The number of aromatic amines is 1. The molecular formula is C11H16N2O2. The number of rotatable bonds is 3. The van der Waals surface area contributed by atoms with Crippen LogP contribution in [-0.4, -0.2) is 40.6 Å². The summed E-state index contributed by atoms with van der Waals surface area (Å²) in [5.41, 5.74) is 0.623. The molecule has 1 saturated carbocycles. The van der Waals surface area contributed by atoms with Crippen LogP contribution in [-0.2, 0) is 0 Å². The molecule has 1 heterocycles. The second kappa shape index (κ2) is 4.06. The van der Waals surface area contributed by atoms with Crippen LogP contribution < -0.4 is 0 Å². The van der Waals surface area contributed by atoms with Crippen molar-refractivity contribution in [3.63, 3.8) is 0 Å². The second-order valence-corrected chi connectivity index (χ2v) is 4.26. The Balaban J connectivity index is 1.86. The van der Waals surface area contributed by atoms with Gasteiger partial charge in [0.1, 0.15) is 5.69 Å². The van der Waals surface area contributed by atoms with Gasteiger partial charge in [0.2, 0.25) is 0 Å². The fraction of sp³-hybridized carbons (Fsp3) is 0.545. The van der Waals surface area contributed by atoms with Crippen molar-refractivity contribution in [2.45, 2.75) is 18.9 Å². The van der Waals surface area contributed by atoms with Gasteiger partial charge in [0, 0.05) is 19.8 Å². The molecule has 1 aromatic heterocycles. The van der Waals surface area contributed by atoms with Crippen LogP contribution in [0.5, 0.6) is 0 Å². The average Bonchev–Trinajstić information content (AvgIpc) is 2.66. The third kappa shape index (κ3) is 2.21. The molecule has 0 bridgehead atoms. The first-order chi connectivity index (χ1) is 7.16. The Labute approximate surface area is 88.9 Å². The standard InChI is InChI=1S/C11H16N2O2/c1-13(7-8-5-9(14)6-8)11(15)10-3-2-4-12-10/h2-4,8-9,12,14H,5-7H2,1H3. The third-order valence-electron chi connectivity index (χ3n) is 2.92. The number of aliphatic hydroxyl groups excluding tert-OH is 1. The van der Waals surface area contributed by atoms with Gasteiger partial charge in [0.25, 0.3) is 5.91 Å². The molecule has 0 spiro atoms. The number of nitrogens with one attached hydrogen (secondary N) is 1. The number of amides is 1. The zero-order valence-corrected chi connectivity index (χ0v) is 8.81. The fourth-order valence-corrected chi connectivity index (χ4v) is 1.99. The molecule has 0 radical (unpaired) electrons. The van der Waals surface area contributed by atoms with Gasteiger partial charge in [0.05, 0.1) is 6.10 Å². The first kappa shape index (κ1) is 10.2. The van der Waals surface area contributed by atoms with E-state index in [0.717, 1.165) is 19.4 Å². The lowest BCUT2D eigenvalue weighted by Crippen LogP contribution is -2.39. The van der Waals surface area contributed by atoms with Crippen molar-refractivity contribution in [1.29, 1.82) is 0 Å². The van der Waals surface area contributed by atoms with Crippen LogP contribution in [0.2, 0.25) is 0 Å². The van der Waals surface area contributed by atoms with Crippen LogP contribution in [0.3, 0.4) is 0 Å². The molecule has 82 valence electrons. The van der Waals surface area contributed by atoms with Crippen molar-refractivity contribution in [3.8, 4) is 0 Å². The highest BCUT2D eigenvalue weighted by Gasteiger charge is 2.29. The molecule has 1 fully saturated rings. The van der Waals surface area contributed by atoms with Crippen LogP contribution in [0.25, 0.3) is 0 Å². The smallest absolute Gasteiger partial charge is 0.270 e. The molecule has 1 aromatic rings. The van der Waals surface area contributed by atoms with Gasteiger partial charge in [0.15, 0.2) is 0 Å². The van der Waals surface area contributed by atoms with Crippen molar-refractivity contribution in [2.24, 2.45) is 5.92 Å². The Morgan fingerprint density at radius 3 is 2.93 bits per heavy atom. The predicted molar refractivity (Wildman–Crippen MR) is 56.5 cm³/mol. The molecule has 0 saturated heterocycles. The lowest BCUT2D eigenvalue weighted by atomic mass is 9.82. The van der Waals surface area contributed by atoms with E-state index >= 15 is 0 Å². The van der Waals surface area contributed by atoms with E-state index in [1.54, 1.807) is 24.2 Å². The second-order valence-electron chi connectivity index (χ2n) is 4.26. The van der Waals surface area contributed by atoms with E-state index in [0.29, 0.717) is 11.6 Å². The lowest BCUT2D eigenvalue weighted by molar-refractivity contribution is 0.0264. The highest BCUT2D eigenvalue weighted by molar-refractivity contribution is 5.92. The van der Waals surface area contributed by atoms with E-state index in [1.807, 2.05) is 6.07 Å². The van der Waals surface area contributed by atoms with Crippen molar-refractivity contribution in [1.82, 2.24) is 9.88 Å². The van der Waals surface area contributed by atoms with Gasteiger partial charge in [-0.25, -0.2) is 0 Å². The molecule has 4 nitrogen and oxygen atoms in total. The Morgan fingerprint density at radius 1 is 1.67 bits per heavy atom. The average molecular weight is 208 g/mol. The molecule has 15 heavy (non-hydrogen) atoms. The largest absolute Gasteiger partial charge is 0.393 e. The summed E-state index contributed by atoms with van der Waals surface area (Å²) in [5, 5.41) is 9.14. The van der Waals surface area contributed by atoms with Crippen LogP contribution in [0.15, 0.2) is 18.3 Å². The minimum atomic E-state index is -0.149. The monoisotopic (exact) mass is 208 g/mol. The Hall–Kier alpha value is -1.29. The Bertz CT molecular complexity index is 328. The number of aromatic nitrogens is 1. The number of nitrogens with zero attached hydrogens (tertiary/aromatic N) is 1. The van der Waals surface area contributed by atoms with Crippen LogP contribution >= 0.6 is 0 Å². The van der Waals surface area contributed by atoms with Crippen molar-refractivity contribution in [2.75, 3.05) is 13.6 Å². The topological polar surface area (TPSA) is 56.3 Å². The molecule has 0 aromatic carbocycles. The summed E-state index contributed by atoms with van der Waals surface area (Å²) in [4.78, 5) is 16.4. The number of hydrogen-bond donors (Lipinski definition) is 2. The van der Waals surface area contributed by atoms with E-state index in [4.69, 9.17) is 5.11 Å². The lowest BCUT2D eigenvalue weighted by Gasteiger charge is -2.34. The van der Waals surface area contributed by atoms with Gasteiger partial charge in [-0.3, -0.25) is 4.79 Å². The van der Waals surface area contributed by atoms with E-state index in [2.05, 4.69) is 4.98 Å². The van der Waals surface area contributed by atoms with Crippen molar-refractivity contribution in [3.05, 3.63) is 24.0 Å². The maximum atomic E-state index is 11.8. The van der Waals surface area contributed by atoms with Gasteiger partial charge >= 0.3 is 0 Å². The summed E-state index contributed by atoms with van der Waals surface area (Å²) >= 11 is 0. The number of carbonyl (C=O) groups is 1. The van der Waals surface area contributed by atoms with Gasteiger partial charge < -0.3 is 15.0 Å². The molecule has 0 aliphatic heterocycles. The SMILES string of the molecule is CN(CC1CC(O)C1)C(=O)c1ccc[nH]1. The molecule has 1 aliphatic rings. The van der Waals surface area contributed by atoms with Gasteiger partial charge in [-0.1, -0.05) is 0 Å². The van der Waals surface area contributed by atoms with Crippen molar-refractivity contribution >= 4 is 5.91 Å². The molecule has 4 heteroatoms. The van der Waals surface area contributed by atoms with E-state index < -0.39 is 0 Å². The first-order valence-electron chi connectivity index (χ1n) is 5.23. The van der Waals surface area contributed by atoms with Crippen molar-refractivity contribution < 1.29 is 9.90 Å². The van der Waals surface area contributed by atoms with Crippen LogP contribution in [0.1, 0.15) is 23.3 Å². The summed E-state index contributed by atoms with van der Waals surface area (Å²) in [6, 6.07) is 3.59. The molecule has 2 N–H and O–H groups in total.